The average Bonchev–Trinajstić information content (AvgIpc) is 2.43. The minimum Gasteiger partial charge on any atom is -0.497 e. The van der Waals surface area contributed by atoms with E-state index in [1.54, 1.807) is 14.0 Å². The molecule has 0 amide bonds. The summed E-state index contributed by atoms with van der Waals surface area (Å²) in [5, 5.41) is 10.6. The second-order valence-corrected chi connectivity index (χ2v) is 5.09. The first-order valence-corrected chi connectivity index (χ1v) is 6.60. The predicted octanol–water partition coefficient (Wildman–Crippen LogP) is 4.44. The number of rotatable bonds is 2. The zero-order chi connectivity index (χ0) is 14.3. The van der Waals surface area contributed by atoms with E-state index in [0.717, 1.165) is 33.1 Å². The normalized spacial score (nSPS) is 10.9. The molecule has 4 heteroatoms. The van der Waals surface area contributed by atoms with Crippen LogP contribution in [0.1, 0.15) is 12.5 Å². The zero-order valence-corrected chi connectivity index (χ0v) is 12.0. The summed E-state index contributed by atoms with van der Waals surface area (Å²) in [7, 11) is 1.63. The van der Waals surface area contributed by atoms with Crippen LogP contribution in [-0.2, 0) is 0 Å². The summed E-state index contributed by atoms with van der Waals surface area (Å²) < 4.78 is 5.27. The van der Waals surface area contributed by atoms with Gasteiger partial charge in [-0.05, 0) is 37.3 Å². The van der Waals surface area contributed by atoms with Crippen molar-refractivity contribution >= 4 is 39.1 Å². The first kappa shape index (κ1) is 12.9. The van der Waals surface area contributed by atoms with Gasteiger partial charge < -0.3 is 10.1 Å². The standard InChI is InChI=1S/C16H13ClN2O/c1-9(18)16-12-5-3-10(17)7-15(12)19-14-6-4-11(20-2)8-13(14)16/h3-8,18H,1-2H3. The van der Waals surface area contributed by atoms with Crippen LogP contribution < -0.4 is 4.74 Å². The van der Waals surface area contributed by atoms with Gasteiger partial charge in [-0.1, -0.05) is 17.7 Å². The molecule has 0 aliphatic rings. The molecule has 3 nitrogen and oxygen atoms in total. The number of nitrogens with one attached hydrogen (secondary N) is 1. The van der Waals surface area contributed by atoms with Crippen molar-refractivity contribution in [1.29, 1.82) is 5.41 Å². The fourth-order valence-corrected chi connectivity index (χ4v) is 2.59. The van der Waals surface area contributed by atoms with Crippen molar-refractivity contribution in [3.05, 3.63) is 47.0 Å². The number of pyridine rings is 1. The van der Waals surface area contributed by atoms with Crippen LogP contribution in [0.3, 0.4) is 0 Å². The van der Waals surface area contributed by atoms with Crippen LogP contribution in [0.5, 0.6) is 5.75 Å². The monoisotopic (exact) mass is 284 g/mol. The van der Waals surface area contributed by atoms with Crippen LogP contribution >= 0.6 is 11.6 Å². The molecule has 100 valence electrons. The Morgan fingerprint density at radius 2 is 1.90 bits per heavy atom. The van der Waals surface area contributed by atoms with Gasteiger partial charge in [0.2, 0.25) is 0 Å². The van der Waals surface area contributed by atoms with Crippen molar-refractivity contribution in [3.8, 4) is 5.75 Å². The maximum absolute atomic E-state index is 8.08. The first-order chi connectivity index (χ1) is 9.60. The van der Waals surface area contributed by atoms with Crippen LogP contribution in [0.25, 0.3) is 21.8 Å². The Morgan fingerprint density at radius 3 is 2.60 bits per heavy atom. The summed E-state index contributed by atoms with van der Waals surface area (Å²) in [6.07, 6.45) is 0. The maximum atomic E-state index is 8.08. The Hall–Kier alpha value is -2.13. The molecule has 3 rings (SSSR count). The van der Waals surface area contributed by atoms with E-state index >= 15 is 0 Å². The summed E-state index contributed by atoms with van der Waals surface area (Å²) in [6, 6.07) is 11.3. The molecule has 20 heavy (non-hydrogen) atoms. The quantitative estimate of drug-likeness (QED) is 0.558. The second kappa shape index (κ2) is 4.76. The third-order valence-corrected chi connectivity index (χ3v) is 3.55. The van der Waals surface area contributed by atoms with Gasteiger partial charge in [0, 0.05) is 27.1 Å². The lowest BCUT2D eigenvalue weighted by molar-refractivity contribution is 0.415. The molecule has 0 radical (unpaired) electrons. The highest BCUT2D eigenvalue weighted by Crippen LogP contribution is 2.30. The number of fused-ring (bicyclic) bond motifs is 2. The van der Waals surface area contributed by atoms with Crippen molar-refractivity contribution in [3.63, 3.8) is 0 Å². The number of aromatic nitrogens is 1. The molecule has 3 aromatic rings. The molecule has 0 saturated heterocycles. The lowest BCUT2D eigenvalue weighted by atomic mass is 9.99. The number of hydrogen-bond acceptors (Lipinski definition) is 3. The van der Waals surface area contributed by atoms with Gasteiger partial charge in [-0.2, -0.15) is 0 Å². The number of ether oxygens (including phenoxy) is 1. The molecule has 2 aromatic carbocycles. The highest BCUT2D eigenvalue weighted by atomic mass is 35.5. The molecule has 0 bridgehead atoms. The summed E-state index contributed by atoms with van der Waals surface area (Å²) in [5.74, 6) is 0.759. The van der Waals surface area contributed by atoms with Gasteiger partial charge in [0.1, 0.15) is 5.75 Å². The first-order valence-electron chi connectivity index (χ1n) is 6.22. The number of benzene rings is 2. The minimum atomic E-state index is 0.498. The largest absolute Gasteiger partial charge is 0.497 e. The zero-order valence-electron chi connectivity index (χ0n) is 11.2. The van der Waals surface area contributed by atoms with E-state index < -0.39 is 0 Å². The van der Waals surface area contributed by atoms with Gasteiger partial charge in [0.05, 0.1) is 18.1 Å². The predicted molar refractivity (Wildman–Crippen MR) is 83.3 cm³/mol. The fourth-order valence-electron chi connectivity index (χ4n) is 2.43. The summed E-state index contributed by atoms with van der Waals surface area (Å²) in [6.45, 7) is 1.78. The van der Waals surface area contributed by atoms with E-state index in [1.165, 1.54) is 0 Å². The van der Waals surface area contributed by atoms with Crippen LogP contribution in [-0.4, -0.2) is 17.8 Å². The minimum absolute atomic E-state index is 0.498. The molecular formula is C16H13ClN2O. The van der Waals surface area contributed by atoms with Gasteiger partial charge in [0.25, 0.3) is 0 Å². The van der Waals surface area contributed by atoms with Crippen LogP contribution in [0.2, 0.25) is 5.02 Å². The Morgan fingerprint density at radius 1 is 1.10 bits per heavy atom. The van der Waals surface area contributed by atoms with Gasteiger partial charge in [-0.3, -0.25) is 0 Å². The van der Waals surface area contributed by atoms with Crippen molar-refractivity contribution in [2.45, 2.75) is 6.92 Å². The fraction of sp³-hybridized carbons (Fsp3) is 0.125. The Bertz CT molecular complexity index is 843. The van der Waals surface area contributed by atoms with Gasteiger partial charge in [0.15, 0.2) is 0 Å². The van der Waals surface area contributed by atoms with Crippen molar-refractivity contribution in [2.24, 2.45) is 0 Å². The van der Waals surface area contributed by atoms with Crippen LogP contribution in [0, 0.1) is 5.41 Å². The molecule has 0 aliphatic carbocycles. The highest BCUT2D eigenvalue weighted by molar-refractivity contribution is 6.31. The lowest BCUT2D eigenvalue weighted by Gasteiger charge is -2.11. The molecule has 0 saturated carbocycles. The summed E-state index contributed by atoms with van der Waals surface area (Å²) in [5.41, 5.74) is 3.01. The number of nitrogens with zero attached hydrogens (tertiary/aromatic N) is 1. The molecule has 0 aliphatic heterocycles. The Balaban J connectivity index is 2.51. The van der Waals surface area contributed by atoms with Crippen molar-refractivity contribution in [1.82, 2.24) is 4.98 Å². The number of hydrogen-bond donors (Lipinski definition) is 1. The smallest absolute Gasteiger partial charge is 0.119 e. The molecule has 1 aromatic heterocycles. The van der Waals surface area contributed by atoms with E-state index in [0.29, 0.717) is 10.7 Å². The Kier molecular flexibility index (Phi) is 3.07. The van der Waals surface area contributed by atoms with Gasteiger partial charge in [-0.25, -0.2) is 4.98 Å². The van der Waals surface area contributed by atoms with Gasteiger partial charge >= 0.3 is 0 Å². The van der Waals surface area contributed by atoms with E-state index in [-0.39, 0.29) is 0 Å². The molecule has 0 atom stereocenters. The molecule has 0 spiro atoms. The van der Waals surface area contributed by atoms with Crippen LogP contribution in [0.4, 0.5) is 0 Å². The SMILES string of the molecule is COc1ccc2nc3cc(Cl)ccc3c(C(C)=N)c2c1. The molecule has 0 unspecified atom stereocenters. The summed E-state index contributed by atoms with van der Waals surface area (Å²) in [4.78, 5) is 4.62. The lowest BCUT2D eigenvalue weighted by Crippen LogP contribution is -1.98. The van der Waals surface area contributed by atoms with E-state index in [9.17, 15) is 0 Å². The van der Waals surface area contributed by atoms with E-state index in [1.807, 2.05) is 36.4 Å². The number of methoxy groups -OCH3 is 1. The molecular weight excluding hydrogens is 272 g/mol. The second-order valence-electron chi connectivity index (χ2n) is 4.66. The molecule has 1 heterocycles. The van der Waals surface area contributed by atoms with E-state index in [2.05, 4.69) is 4.98 Å². The maximum Gasteiger partial charge on any atom is 0.119 e. The average molecular weight is 285 g/mol. The topological polar surface area (TPSA) is 46.0 Å². The molecule has 0 fully saturated rings. The third-order valence-electron chi connectivity index (χ3n) is 3.32. The number of halogens is 1. The van der Waals surface area contributed by atoms with E-state index in [4.69, 9.17) is 21.7 Å². The summed E-state index contributed by atoms with van der Waals surface area (Å²) >= 11 is 6.04. The molecule has 1 N–H and O–H groups in total. The van der Waals surface area contributed by atoms with Crippen molar-refractivity contribution in [2.75, 3.05) is 7.11 Å². The Labute approximate surface area is 121 Å². The highest BCUT2D eigenvalue weighted by Gasteiger charge is 2.12. The van der Waals surface area contributed by atoms with Gasteiger partial charge in [-0.15, -0.1) is 0 Å². The third kappa shape index (κ3) is 2.00. The van der Waals surface area contributed by atoms with Crippen LogP contribution in [0.15, 0.2) is 36.4 Å². The van der Waals surface area contributed by atoms with Crippen molar-refractivity contribution < 1.29 is 4.74 Å².